The second-order valence-electron chi connectivity index (χ2n) is 14.9. The van der Waals surface area contributed by atoms with Crippen LogP contribution >= 0.6 is 0 Å². The van der Waals surface area contributed by atoms with Crippen LogP contribution in [0, 0.1) is 18.3 Å². The molecule has 3 aromatic rings. The molecule has 3 heterocycles. The van der Waals surface area contributed by atoms with E-state index in [4.69, 9.17) is 5.10 Å². The lowest BCUT2D eigenvalue weighted by Crippen LogP contribution is -2.48. The van der Waals surface area contributed by atoms with Gasteiger partial charge in [-0.15, -0.1) is 0 Å². The van der Waals surface area contributed by atoms with Crippen molar-refractivity contribution in [1.29, 1.82) is 0 Å². The Hall–Kier alpha value is -2.96. The van der Waals surface area contributed by atoms with Crippen molar-refractivity contribution in [1.82, 2.24) is 19.6 Å². The Morgan fingerprint density at radius 2 is 1.73 bits per heavy atom. The zero-order valence-electron chi connectivity index (χ0n) is 28.1. The van der Waals surface area contributed by atoms with Gasteiger partial charge in [-0.3, -0.25) is 14.4 Å². The van der Waals surface area contributed by atoms with E-state index in [-0.39, 0.29) is 5.41 Å². The van der Waals surface area contributed by atoms with Crippen LogP contribution in [0.2, 0.25) is 0 Å². The van der Waals surface area contributed by atoms with Crippen molar-refractivity contribution in [3.63, 3.8) is 0 Å². The average molecular weight is 599 g/mol. The van der Waals surface area contributed by atoms with Gasteiger partial charge >= 0.3 is 5.97 Å². The molecule has 44 heavy (non-hydrogen) atoms. The van der Waals surface area contributed by atoms with Gasteiger partial charge in [0.2, 0.25) is 0 Å². The van der Waals surface area contributed by atoms with Gasteiger partial charge in [-0.25, -0.2) is 0 Å². The van der Waals surface area contributed by atoms with Crippen molar-refractivity contribution in [2.24, 2.45) is 11.3 Å². The zero-order valence-corrected chi connectivity index (χ0v) is 28.1. The molecule has 6 nitrogen and oxygen atoms in total. The standard InChI is InChI=1S/C38H54N4O2/c1-8-42-35(22-33(39-42)21-28-12-14-29(15-13-28)26(2)3)30-16-18-40(19-17-30)23-32-24-41(36(37(43)44)38(5,6)7)25-34(32)31-11-9-10-27(4)20-31/h9-15,20,22,26,30,32,34,36H,8,16-19,21,23-25H2,1-7H3,(H,43,44). The van der Waals surface area contributed by atoms with Crippen LogP contribution in [0.4, 0.5) is 0 Å². The van der Waals surface area contributed by atoms with Crippen LogP contribution in [-0.4, -0.2) is 69.4 Å². The fraction of sp³-hybridized carbons (Fsp3) is 0.579. The lowest BCUT2D eigenvalue weighted by Gasteiger charge is -2.36. The zero-order chi connectivity index (χ0) is 31.6. The molecular weight excluding hydrogens is 544 g/mol. The Balaban J connectivity index is 1.25. The molecule has 1 aromatic heterocycles. The van der Waals surface area contributed by atoms with E-state index in [0.29, 0.717) is 23.7 Å². The van der Waals surface area contributed by atoms with Gasteiger partial charge < -0.3 is 10.0 Å². The molecule has 0 aliphatic carbocycles. The van der Waals surface area contributed by atoms with E-state index in [1.807, 2.05) is 0 Å². The highest BCUT2D eigenvalue weighted by molar-refractivity contribution is 5.74. The smallest absolute Gasteiger partial charge is 0.321 e. The Morgan fingerprint density at radius 1 is 1.02 bits per heavy atom. The van der Waals surface area contributed by atoms with Gasteiger partial charge in [0.25, 0.3) is 0 Å². The van der Waals surface area contributed by atoms with E-state index >= 15 is 0 Å². The van der Waals surface area contributed by atoms with E-state index in [9.17, 15) is 9.90 Å². The van der Waals surface area contributed by atoms with Crippen molar-refractivity contribution in [3.8, 4) is 0 Å². The third-order valence-electron chi connectivity index (χ3n) is 10.1. The van der Waals surface area contributed by atoms with Gasteiger partial charge in [0.15, 0.2) is 0 Å². The molecule has 6 heteroatoms. The second-order valence-corrected chi connectivity index (χ2v) is 14.9. The van der Waals surface area contributed by atoms with Crippen molar-refractivity contribution >= 4 is 5.97 Å². The lowest BCUT2D eigenvalue weighted by atomic mass is 9.85. The number of hydrogen-bond acceptors (Lipinski definition) is 4. The molecule has 5 rings (SSSR count). The first-order valence-corrected chi connectivity index (χ1v) is 16.8. The molecule has 0 saturated carbocycles. The van der Waals surface area contributed by atoms with Gasteiger partial charge in [0, 0.05) is 50.1 Å². The van der Waals surface area contributed by atoms with Crippen LogP contribution in [0.25, 0.3) is 0 Å². The summed E-state index contributed by atoms with van der Waals surface area (Å²) in [4.78, 5) is 17.3. The van der Waals surface area contributed by atoms with Crippen LogP contribution in [-0.2, 0) is 17.8 Å². The molecule has 0 radical (unpaired) electrons. The summed E-state index contributed by atoms with van der Waals surface area (Å²) in [5, 5.41) is 15.2. The highest BCUT2D eigenvalue weighted by atomic mass is 16.4. The number of benzene rings is 2. The highest BCUT2D eigenvalue weighted by Gasteiger charge is 2.44. The maximum Gasteiger partial charge on any atom is 0.321 e. The molecule has 3 unspecified atom stereocenters. The van der Waals surface area contributed by atoms with E-state index in [2.05, 4.69) is 118 Å². The summed E-state index contributed by atoms with van der Waals surface area (Å²) >= 11 is 0. The van der Waals surface area contributed by atoms with Crippen LogP contribution in [0.15, 0.2) is 54.6 Å². The molecule has 0 bridgehead atoms. The summed E-state index contributed by atoms with van der Waals surface area (Å²) in [6.07, 6.45) is 3.15. The molecule has 3 atom stereocenters. The van der Waals surface area contributed by atoms with Crippen molar-refractivity contribution in [3.05, 3.63) is 88.2 Å². The predicted octanol–water partition coefficient (Wildman–Crippen LogP) is 7.32. The molecular formula is C38H54N4O2. The first-order chi connectivity index (χ1) is 20.9. The Morgan fingerprint density at radius 3 is 2.32 bits per heavy atom. The molecule has 2 aliphatic heterocycles. The number of carboxylic acids is 1. The number of carbonyl (C=O) groups is 1. The first kappa shape index (κ1) is 32.4. The number of piperidine rings is 1. The van der Waals surface area contributed by atoms with E-state index in [0.717, 1.165) is 58.5 Å². The van der Waals surface area contributed by atoms with Gasteiger partial charge in [-0.1, -0.05) is 88.7 Å². The van der Waals surface area contributed by atoms with Gasteiger partial charge in [-0.2, -0.15) is 5.10 Å². The van der Waals surface area contributed by atoms with E-state index in [1.54, 1.807) is 0 Å². The fourth-order valence-corrected chi connectivity index (χ4v) is 7.78. The minimum absolute atomic E-state index is 0.325. The number of likely N-dealkylation sites (tertiary alicyclic amines) is 2. The third kappa shape index (κ3) is 7.46. The Bertz CT molecular complexity index is 1390. The number of aliphatic carboxylic acids is 1. The maximum atomic E-state index is 12.4. The van der Waals surface area contributed by atoms with Crippen molar-refractivity contribution < 1.29 is 9.90 Å². The quantitative estimate of drug-likeness (QED) is 0.265. The molecule has 2 aliphatic rings. The summed E-state index contributed by atoms with van der Waals surface area (Å²) < 4.78 is 2.24. The summed E-state index contributed by atoms with van der Waals surface area (Å²) in [7, 11) is 0. The monoisotopic (exact) mass is 598 g/mol. The van der Waals surface area contributed by atoms with E-state index < -0.39 is 12.0 Å². The van der Waals surface area contributed by atoms with Gasteiger partial charge in [-0.05, 0) is 79.8 Å². The summed E-state index contributed by atoms with van der Waals surface area (Å²) in [5.74, 6) is 1.12. The normalized spacial score (nSPS) is 21.3. The lowest BCUT2D eigenvalue weighted by molar-refractivity contribution is -0.147. The molecule has 2 saturated heterocycles. The van der Waals surface area contributed by atoms with Crippen LogP contribution < -0.4 is 0 Å². The van der Waals surface area contributed by atoms with Gasteiger partial charge in [0.05, 0.1) is 5.69 Å². The van der Waals surface area contributed by atoms with Crippen LogP contribution in [0.1, 0.15) is 106 Å². The largest absolute Gasteiger partial charge is 0.480 e. The van der Waals surface area contributed by atoms with Crippen molar-refractivity contribution in [2.75, 3.05) is 32.7 Å². The minimum Gasteiger partial charge on any atom is -0.480 e. The first-order valence-electron chi connectivity index (χ1n) is 16.8. The number of carboxylic acid groups (broad SMARTS) is 1. The second kappa shape index (κ2) is 13.6. The Kier molecular flexibility index (Phi) is 10.0. The van der Waals surface area contributed by atoms with Crippen molar-refractivity contribution in [2.45, 2.75) is 98.1 Å². The third-order valence-corrected chi connectivity index (χ3v) is 10.1. The SMILES string of the molecule is CCn1nc(Cc2ccc(C(C)C)cc2)cc1C1CCN(CC2CN(C(C(=O)O)C(C)(C)C)CC2c2cccc(C)c2)CC1. The van der Waals surface area contributed by atoms with Crippen LogP contribution in [0.5, 0.6) is 0 Å². The molecule has 0 amide bonds. The number of aromatic nitrogens is 2. The molecule has 2 aromatic carbocycles. The number of aryl methyl sites for hydroxylation is 2. The molecule has 238 valence electrons. The highest BCUT2D eigenvalue weighted by Crippen LogP contribution is 2.39. The molecule has 1 N–H and O–H groups in total. The maximum absolute atomic E-state index is 12.4. The fourth-order valence-electron chi connectivity index (χ4n) is 7.78. The van der Waals surface area contributed by atoms with Crippen LogP contribution in [0.3, 0.4) is 0 Å². The predicted molar refractivity (Wildman–Crippen MR) is 180 cm³/mol. The van der Waals surface area contributed by atoms with E-state index in [1.165, 1.54) is 33.6 Å². The number of nitrogens with zero attached hydrogens (tertiary/aromatic N) is 4. The Labute approximate surface area is 265 Å². The topological polar surface area (TPSA) is 61.6 Å². The molecule has 2 fully saturated rings. The summed E-state index contributed by atoms with van der Waals surface area (Å²) in [6.45, 7) is 20.7. The summed E-state index contributed by atoms with van der Waals surface area (Å²) in [5.41, 5.74) is 7.55. The van der Waals surface area contributed by atoms with Gasteiger partial charge in [0.1, 0.15) is 6.04 Å². The summed E-state index contributed by atoms with van der Waals surface area (Å²) in [6, 6.07) is 19.8. The number of rotatable bonds is 10. The minimum atomic E-state index is -0.707. The molecule has 0 spiro atoms. The number of hydrogen-bond donors (Lipinski definition) is 1. The average Bonchev–Trinajstić information content (AvgIpc) is 3.56.